The van der Waals surface area contributed by atoms with E-state index < -0.39 is 5.54 Å². The number of ether oxygens (including phenoxy) is 1. The molecule has 1 fully saturated rings. The molecule has 1 saturated heterocycles. The summed E-state index contributed by atoms with van der Waals surface area (Å²) in [4.78, 5) is 25.3. The van der Waals surface area contributed by atoms with Gasteiger partial charge >= 0.3 is 5.97 Å². The van der Waals surface area contributed by atoms with Crippen molar-refractivity contribution < 1.29 is 14.3 Å². The van der Waals surface area contributed by atoms with Crippen molar-refractivity contribution in [1.82, 2.24) is 0 Å². The highest BCUT2D eigenvalue weighted by Gasteiger charge is 2.49. The first kappa shape index (κ1) is 11.6. The molecule has 1 amide bonds. The zero-order chi connectivity index (χ0) is 12.5. The standard InChI is InChI=1S/C13H15NO3/c1-13(12(16)17-2)9-8-11(15)14(13)10-6-4-3-5-7-10/h3-7H,8-9H2,1-2H3. The van der Waals surface area contributed by atoms with Crippen LogP contribution >= 0.6 is 0 Å². The summed E-state index contributed by atoms with van der Waals surface area (Å²) in [6, 6.07) is 9.21. The number of carbonyl (C=O) groups is 2. The van der Waals surface area contributed by atoms with Crippen molar-refractivity contribution >= 4 is 17.6 Å². The number of nitrogens with zero attached hydrogens (tertiary/aromatic N) is 1. The zero-order valence-corrected chi connectivity index (χ0v) is 9.97. The minimum atomic E-state index is -0.882. The second kappa shape index (κ2) is 4.20. The van der Waals surface area contributed by atoms with Gasteiger partial charge in [-0.25, -0.2) is 4.79 Å². The number of amides is 1. The predicted molar refractivity (Wildman–Crippen MR) is 63.6 cm³/mol. The van der Waals surface area contributed by atoms with Crippen molar-refractivity contribution in [3.63, 3.8) is 0 Å². The van der Waals surface area contributed by atoms with E-state index in [9.17, 15) is 9.59 Å². The average Bonchev–Trinajstić information content (AvgIpc) is 2.66. The fourth-order valence-electron chi connectivity index (χ4n) is 2.27. The van der Waals surface area contributed by atoms with Crippen molar-refractivity contribution in [3.05, 3.63) is 30.3 Å². The molecular weight excluding hydrogens is 218 g/mol. The Balaban J connectivity index is 2.42. The van der Waals surface area contributed by atoms with E-state index >= 15 is 0 Å². The van der Waals surface area contributed by atoms with Crippen molar-refractivity contribution in [2.45, 2.75) is 25.3 Å². The molecule has 17 heavy (non-hydrogen) atoms. The summed E-state index contributed by atoms with van der Waals surface area (Å²) < 4.78 is 4.80. The van der Waals surface area contributed by atoms with Gasteiger partial charge < -0.3 is 4.74 Å². The van der Waals surface area contributed by atoms with Gasteiger partial charge in [0, 0.05) is 12.1 Å². The van der Waals surface area contributed by atoms with E-state index in [1.807, 2.05) is 30.3 Å². The Morgan fingerprint density at radius 3 is 2.59 bits per heavy atom. The van der Waals surface area contributed by atoms with E-state index in [1.54, 1.807) is 11.8 Å². The van der Waals surface area contributed by atoms with Crippen LogP contribution in [0.25, 0.3) is 0 Å². The summed E-state index contributed by atoms with van der Waals surface area (Å²) in [5.74, 6) is -0.406. The Kier molecular flexibility index (Phi) is 2.88. The summed E-state index contributed by atoms with van der Waals surface area (Å²) in [6.45, 7) is 1.75. The van der Waals surface area contributed by atoms with Gasteiger partial charge in [-0.1, -0.05) is 18.2 Å². The number of hydrogen-bond donors (Lipinski definition) is 0. The van der Waals surface area contributed by atoms with E-state index in [-0.39, 0.29) is 11.9 Å². The van der Waals surface area contributed by atoms with Crippen LogP contribution in [-0.2, 0) is 14.3 Å². The Bertz CT molecular complexity index is 443. The predicted octanol–water partition coefficient (Wildman–Crippen LogP) is 1.75. The molecule has 90 valence electrons. The first-order chi connectivity index (χ1) is 8.09. The van der Waals surface area contributed by atoms with Gasteiger partial charge in [-0.15, -0.1) is 0 Å². The zero-order valence-electron chi connectivity index (χ0n) is 9.97. The number of anilines is 1. The minimum Gasteiger partial charge on any atom is -0.467 e. The highest BCUT2D eigenvalue weighted by Crippen LogP contribution is 2.35. The lowest BCUT2D eigenvalue weighted by Gasteiger charge is -2.32. The van der Waals surface area contributed by atoms with Gasteiger partial charge in [0.15, 0.2) is 0 Å². The molecule has 1 aliphatic heterocycles. The quantitative estimate of drug-likeness (QED) is 0.731. The van der Waals surface area contributed by atoms with Gasteiger partial charge in [0.1, 0.15) is 5.54 Å². The molecule has 0 bridgehead atoms. The molecule has 4 heteroatoms. The molecule has 1 unspecified atom stereocenters. The van der Waals surface area contributed by atoms with E-state index in [0.717, 1.165) is 5.69 Å². The molecule has 0 N–H and O–H groups in total. The fraction of sp³-hybridized carbons (Fsp3) is 0.385. The highest BCUT2D eigenvalue weighted by atomic mass is 16.5. The third kappa shape index (κ3) is 1.79. The molecule has 0 aliphatic carbocycles. The van der Waals surface area contributed by atoms with Crippen LogP contribution in [0.3, 0.4) is 0 Å². The summed E-state index contributed by atoms with van der Waals surface area (Å²) in [6.07, 6.45) is 0.869. The lowest BCUT2D eigenvalue weighted by molar-refractivity contribution is -0.146. The van der Waals surface area contributed by atoms with Crippen molar-refractivity contribution in [2.24, 2.45) is 0 Å². The molecule has 1 heterocycles. The molecule has 0 spiro atoms. The smallest absolute Gasteiger partial charge is 0.331 e. The number of rotatable bonds is 2. The van der Waals surface area contributed by atoms with Gasteiger partial charge in [0.2, 0.25) is 5.91 Å². The average molecular weight is 233 g/mol. The number of hydrogen-bond acceptors (Lipinski definition) is 3. The SMILES string of the molecule is COC(=O)C1(C)CCC(=O)N1c1ccccc1. The fourth-order valence-corrected chi connectivity index (χ4v) is 2.27. The topological polar surface area (TPSA) is 46.6 Å². The molecular formula is C13H15NO3. The first-order valence-electron chi connectivity index (χ1n) is 5.56. The van der Waals surface area contributed by atoms with Gasteiger partial charge in [0.05, 0.1) is 7.11 Å². The van der Waals surface area contributed by atoms with Crippen LogP contribution in [0.5, 0.6) is 0 Å². The molecule has 1 aromatic carbocycles. The minimum absolute atomic E-state index is 0.0379. The van der Waals surface area contributed by atoms with Crippen LogP contribution in [0.4, 0.5) is 5.69 Å². The molecule has 1 aromatic rings. The van der Waals surface area contributed by atoms with Crippen LogP contribution in [-0.4, -0.2) is 24.5 Å². The van der Waals surface area contributed by atoms with Crippen LogP contribution in [0.2, 0.25) is 0 Å². The van der Waals surface area contributed by atoms with Gasteiger partial charge in [-0.2, -0.15) is 0 Å². The monoisotopic (exact) mass is 233 g/mol. The number of benzene rings is 1. The van der Waals surface area contributed by atoms with Crippen LogP contribution < -0.4 is 4.90 Å². The third-order valence-corrected chi connectivity index (χ3v) is 3.21. The number of carbonyl (C=O) groups excluding carboxylic acids is 2. The molecule has 0 aromatic heterocycles. The Morgan fingerprint density at radius 2 is 2.00 bits per heavy atom. The van der Waals surface area contributed by atoms with Gasteiger partial charge in [-0.3, -0.25) is 9.69 Å². The normalized spacial score (nSPS) is 23.9. The van der Waals surface area contributed by atoms with E-state index in [1.165, 1.54) is 7.11 Å². The van der Waals surface area contributed by atoms with Crippen molar-refractivity contribution in [2.75, 3.05) is 12.0 Å². The summed E-state index contributed by atoms with van der Waals surface area (Å²) in [7, 11) is 1.35. The van der Waals surface area contributed by atoms with Crippen molar-refractivity contribution in [1.29, 1.82) is 0 Å². The van der Waals surface area contributed by atoms with Crippen LogP contribution in [0.15, 0.2) is 30.3 Å². The maximum absolute atomic E-state index is 11.9. The molecule has 0 saturated carbocycles. The second-order valence-electron chi connectivity index (χ2n) is 4.33. The van der Waals surface area contributed by atoms with E-state index in [2.05, 4.69) is 0 Å². The summed E-state index contributed by atoms with van der Waals surface area (Å²) >= 11 is 0. The van der Waals surface area contributed by atoms with Crippen LogP contribution in [0.1, 0.15) is 19.8 Å². The first-order valence-corrected chi connectivity index (χ1v) is 5.56. The maximum atomic E-state index is 11.9. The summed E-state index contributed by atoms with van der Waals surface area (Å²) in [5.41, 5.74) is -0.143. The lowest BCUT2D eigenvalue weighted by atomic mass is 9.98. The van der Waals surface area contributed by atoms with Crippen molar-refractivity contribution in [3.8, 4) is 0 Å². The number of methoxy groups -OCH3 is 1. The van der Waals surface area contributed by atoms with E-state index in [0.29, 0.717) is 12.8 Å². The molecule has 1 atom stereocenters. The molecule has 1 aliphatic rings. The molecule has 4 nitrogen and oxygen atoms in total. The number of para-hydroxylation sites is 1. The Hall–Kier alpha value is -1.84. The Labute approximate surface area is 100 Å². The maximum Gasteiger partial charge on any atom is 0.331 e. The largest absolute Gasteiger partial charge is 0.467 e. The van der Waals surface area contributed by atoms with E-state index in [4.69, 9.17) is 4.74 Å². The van der Waals surface area contributed by atoms with Crippen LogP contribution in [0, 0.1) is 0 Å². The Morgan fingerprint density at radius 1 is 1.35 bits per heavy atom. The highest BCUT2D eigenvalue weighted by molar-refractivity contribution is 6.05. The second-order valence-corrected chi connectivity index (χ2v) is 4.33. The molecule has 0 radical (unpaired) electrons. The lowest BCUT2D eigenvalue weighted by Crippen LogP contribution is -2.50. The summed E-state index contributed by atoms with van der Waals surface area (Å²) in [5, 5.41) is 0. The van der Waals surface area contributed by atoms with Gasteiger partial charge in [-0.05, 0) is 25.5 Å². The number of esters is 1. The third-order valence-electron chi connectivity index (χ3n) is 3.21. The molecule has 2 rings (SSSR count). The van der Waals surface area contributed by atoms with Gasteiger partial charge in [0.25, 0.3) is 0 Å².